The van der Waals surface area contributed by atoms with E-state index >= 15 is 0 Å². The number of amides is 1. The zero-order valence-electron chi connectivity index (χ0n) is 13.0. The number of para-hydroxylation sites is 2. The van der Waals surface area contributed by atoms with Gasteiger partial charge in [0.1, 0.15) is 0 Å². The van der Waals surface area contributed by atoms with Gasteiger partial charge in [-0.3, -0.25) is 4.79 Å². The average Bonchev–Trinajstić information content (AvgIpc) is 2.92. The third-order valence-electron chi connectivity index (χ3n) is 3.60. The molecule has 0 saturated carbocycles. The van der Waals surface area contributed by atoms with E-state index in [1.807, 2.05) is 54.1 Å². The van der Waals surface area contributed by atoms with Crippen LogP contribution in [0.25, 0.3) is 10.9 Å². The number of rotatable bonds is 4. The van der Waals surface area contributed by atoms with Crippen LogP contribution in [0.2, 0.25) is 0 Å². The topological polar surface area (TPSA) is 60.3 Å². The minimum Gasteiger partial charge on any atom is -0.452 e. The Labute approximate surface area is 147 Å². The summed E-state index contributed by atoms with van der Waals surface area (Å²) in [5.41, 5.74) is 2.01. The van der Waals surface area contributed by atoms with Crippen molar-refractivity contribution in [1.82, 2.24) is 4.57 Å². The van der Waals surface area contributed by atoms with E-state index in [1.165, 1.54) is 0 Å². The van der Waals surface area contributed by atoms with E-state index in [0.29, 0.717) is 11.3 Å². The number of carbonyl (C=O) groups is 2. The minimum absolute atomic E-state index is 0.344. The molecule has 0 fully saturated rings. The molecule has 0 radical (unpaired) electrons. The summed E-state index contributed by atoms with van der Waals surface area (Å²) < 4.78 is 7.76. The average molecular weight is 387 g/mol. The molecule has 0 aliphatic carbocycles. The van der Waals surface area contributed by atoms with Gasteiger partial charge in [-0.2, -0.15) is 0 Å². The van der Waals surface area contributed by atoms with Gasteiger partial charge in [-0.1, -0.05) is 30.3 Å². The summed E-state index contributed by atoms with van der Waals surface area (Å²) in [6.45, 7) is -0.344. The maximum atomic E-state index is 12.3. The minimum atomic E-state index is -0.519. The van der Waals surface area contributed by atoms with Crippen LogP contribution >= 0.6 is 15.9 Å². The van der Waals surface area contributed by atoms with E-state index in [0.717, 1.165) is 15.4 Å². The summed E-state index contributed by atoms with van der Waals surface area (Å²) in [5, 5.41) is 3.49. The van der Waals surface area contributed by atoms with Gasteiger partial charge in [0.2, 0.25) is 0 Å². The molecular weight excluding hydrogens is 372 g/mol. The molecule has 1 amide bonds. The molecule has 1 heterocycles. The predicted molar refractivity (Wildman–Crippen MR) is 96.0 cm³/mol. The lowest BCUT2D eigenvalue weighted by Gasteiger charge is -2.07. The van der Waals surface area contributed by atoms with E-state index in [9.17, 15) is 9.59 Å². The lowest BCUT2D eigenvalue weighted by atomic mass is 10.2. The second-order valence-corrected chi connectivity index (χ2v) is 6.13. The van der Waals surface area contributed by atoms with Crippen LogP contribution in [0.4, 0.5) is 5.69 Å². The SMILES string of the molecule is Cn1cc(C(=O)OCC(=O)Nc2ccccc2Br)c2ccccc21. The molecule has 0 atom stereocenters. The van der Waals surface area contributed by atoms with Crippen LogP contribution in [0.15, 0.2) is 59.2 Å². The molecule has 0 spiro atoms. The van der Waals surface area contributed by atoms with Gasteiger partial charge < -0.3 is 14.6 Å². The van der Waals surface area contributed by atoms with Crippen molar-refractivity contribution in [3.05, 3.63) is 64.8 Å². The molecule has 2 aromatic carbocycles. The molecule has 1 N–H and O–H groups in total. The third-order valence-corrected chi connectivity index (χ3v) is 4.29. The number of nitrogens with zero attached hydrogens (tertiary/aromatic N) is 1. The Morgan fingerprint density at radius 3 is 2.62 bits per heavy atom. The first-order valence-electron chi connectivity index (χ1n) is 7.32. The van der Waals surface area contributed by atoms with Crippen molar-refractivity contribution in [1.29, 1.82) is 0 Å². The second-order valence-electron chi connectivity index (χ2n) is 5.27. The Hall–Kier alpha value is -2.60. The van der Waals surface area contributed by atoms with Crippen LogP contribution in [0.3, 0.4) is 0 Å². The van der Waals surface area contributed by atoms with E-state index in [1.54, 1.807) is 12.3 Å². The summed E-state index contributed by atoms with van der Waals surface area (Å²) >= 11 is 3.35. The van der Waals surface area contributed by atoms with Gasteiger partial charge in [-0.25, -0.2) is 4.79 Å². The highest BCUT2D eigenvalue weighted by atomic mass is 79.9. The van der Waals surface area contributed by atoms with Gasteiger partial charge in [0.15, 0.2) is 6.61 Å². The maximum absolute atomic E-state index is 12.3. The van der Waals surface area contributed by atoms with Crippen LogP contribution in [0, 0.1) is 0 Å². The summed E-state index contributed by atoms with van der Waals surface area (Å²) in [6, 6.07) is 14.8. The van der Waals surface area contributed by atoms with Crippen molar-refractivity contribution in [3.63, 3.8) is 0 Å². The molecule has 3 aromatic rings. The Balaban J connectivity index is 1.67. The third kappa shape index (κ3) is 3.33. The highest BCUT2D eigenvalue weighted by Gasteiger charge is 2.16. The fourth-order valence-electron chi connectivity index (χ4n) is 2.46. The summed E-state index contributed by atoms with van der Waals surface area (Å²) in [4.78, 5) is 24.2. The number of hydrogen-bond donors (Lipinski definition) is 1. The summed E-state index contributed by atoms with van der Waals surface area (Å²) in [7, 11) is 1.86. The smallest absolute Gasteiger partial charge is 0.340 e. The van der Waals surface area contributed by atoms with Crippen LogP contribution in [0.1, 0.15) is 10.4 Å². The first-order valence-corrected chi connectivity index (χ1v) is 8.11. The molecular formula is C18H15BrN2O3. The molecule has 0 saturated heterocycles. The van der Waals surface area contributed by atoms with Gasteiger partial charge in [-0.05, 0) is 34.1 Å². The number of esters is 1. The number of hydrogen-bond acceptors (Lipinski definition) is 3. The quantitative estimate of drug-likeness (QED) is 0.694. The molecule has 0 unspecified atom stereocenters. The molecule has 122 valence electrons. The van der Waals surface area contributed by atoms with E-state index in [2.05, 4.69) is 21.2 Å². The highest BCUT2D eigenvalue weighted by molar-refractivity contribution is 9.10. The van der Waals surface area contributed by atoms with Gasteiger partial charge in [0.25, 0.3) is 5.91 Å². The molecule has 6 heteroatoms. The first-order chi connectivity index (χ1) is 11.6. The number of nitrogens with one attached hydrogen (secondary N) is 1. The molecule has 5 nitrogen and oxygen atoms in total. The zero-order valence-corrected chi connectivity index (χ0v) is 14.5. The number of benzene rings is 2. The molecule has 0 aliphatic heterocycles. The number of ether oxygens (including phenoxy) is 1. The number of fused-ring (bicyclic) bond motifs is 1. The predicted octanol–water partition coefficient (Wildman–Crippen LogP) is 3.74. The number of halogens is 1. The zero-order chi connectivity index (χ0) is 17.1. The van der Waals surface area contributed by atoms with E-state index in [-0.39, 0.29) is 6.61 Å². The number of carbonyl (C=O) groups excluding carboxylic acids is 2. The normalized spacial score (nSPS) is 10.6. The van der Waals surface area contributed by atoms with E-state index < -0.39 is 11.9 Å². The monoisotopic (exact) mass is 386 g/mol. The second kappa shape index (κ2) is 6.88. The first kappa shape index (κ1) is 16.3. The molecule has 0 bridgehead atoms. The van der Waals surface area contributed by atoms with Crippen molar-refractivity contribution >= 4 is 44.4 Å². The number of anilines is 1. The van der Waals surface area contributed by atoms with E-state index in [4.69, 9.17) is 4.74 Å². The Morgan fingerprint density at radius 1 is 1.12 bits per heavy atom. The van der Waals surface area contributed by atoms with Gasteiger partial charge in [0.05, 0.1) is 11.3 Å². The summed E-state index contributed by atoms with van der Waals surface area (Å²) in [6.07, 6.45) is 1.71. The molecule has 1 aromatic heterocycles. The molecule has 0 aliphatic rings. The molecule has 24 heavy (non-hydrogen) atoms. The lowest BCUT2D eigenvalue weighted by Crippen LogP contribution is -2.21. The van der Waals surface area contributed by atoms with Crippen LogP contribution in [0.5, 0.6) is 0 Å². The van der Waals surface area contributed by atoms with Crippen molar-refractivity contribution in [2.45, 2.75) is 0 Å². The fourth-order valence-corrected chi connectivity index (χ4v) is 2.85. The molecule has 3 rings (SSSR count). The maximum Gasteiger partial charge on any atom is 0.340 e. The Bertz CT molecular complexity index is 918. The van der Waals surface area contributed by atoms with Crippen LogP contribution in [-0.4, -0.2) is 23.1 Å². The van der Waals surface area contributed by atoms with Crippen LogP contribution < -0.4 is 5.32 Å². The lowest BCUT2D eigenvalue weighted by molar-refractivity contribution is -0.119. The van der Waals surface area contributed by atoms with Gasteiger partial charge in [0, 0.05) is 28.6 Å². The Morgan fingerprint density at radius 2 is 1.83 bits per heavy atom. The van der Waals surface area contributed by atoms with Gasteiger partial charge in [-0.15, -0.1) is 0 Å². The Kier molecular flexibility index (Phi) is 4.66. The largest absolute Gasteiger partial charge is 0.452 e. The van der Waals surface area contributed by atoms with Crippen molar-refractivity contribution in [2.75, 3.05) is 11.9 Å². The van der Waals surface area contributed by atoms with Crippen molar-refractivity contribution < 1.29 is 14.3 Å². The standard InChI is InChI=1S/C18H15BrN2O3/c1-21-10-13(12-6-2-5-9-16(12)21)18(23)24-11-17(22)20-15-8-4-3-7-14(15)19/h2-10H,11H2,1H3,(H,20,22). The van der Waals surface area contributed by atoms with Crippen molar-refractivity contribution in [3.8, 4) is 0 Å². The number of aryl methyl sites for hydroxylation is 1. The number of aromatic nitrogens is 1. The summed E-state index contributed by atoms with van der Waals surface area (Å²) in [5.74, 6) is -0.912. The van der Waals surface area contributed by atoms with Crippen LogP contribution in [-0.2, 0) is 16.6 Å². The highest BCUT2D eigenvalue weighted by Crippen LogP contribution is 2.22. The van der Waals surface area contributed by atoms with Gasteiger partial charge >= 0.3 is 5.97 Å². The van der Waals surface area contributed by atoms with Crippen molar-refractivity contribution in [2.24, 2.45) is 7.05 Å². The fraction of sp³-hybridized carbons (Fsp3) is 0.111.